The number of alkyl halides is 1. The maximum absolute atomic E-state index is 5.77. The number of hydrogen-bond donors (Lipinski definition) is 0. The highest BCUT2D eigenvalue weighted by atomic mass is 35.5. The van der Waals surface area contributed by atoms with Gasteiger partial charge in [-0.25, -0.2) is 4.98 Å². The van der Waals surface area contributed by atoms with Crippen molar-refractivity contribution in [2.45, 2.75) is 19.7 Å². The molecule has 2 rings (SSSR count). The summed E-state index contributed by atoms with van der Waals surface area (Å²) < 4.78 is 0. The van der Waals surface area contributed by atoms with Crippen molar-refractivity contribution in [2.75, 3.05) is 37.6 Å². The zero-order chi connectivity index (χ0) is 13.0. The van der Waals surface area contributed by atoms with Gasteiger partial charge < -0.3 is 4.90 Å². The van der Waals surface area contributed by atoms with Gasteiger partial charge in [-0.1, -0.05) is 19.9 Å². The Balaban J connectivity index is 1.88. The molecule has 100 valence electrons. The lowest BCUT2D eigenvalue weighted by molar-refractivity contribution is 0.231. The van der Waals surface area contributed by atoms with Crippen LogP contribution in [-0.2, 0) is 5.88 Å². The van der Waals surface area contributed by atoms with Crippen LogP contribution in [0.4, 0.5) is 5.82 Å². The molecular weight excluding hydrogens is 246 g/mol. The van der Waals surface area contributed by atoms with Crippen molar-refractivity contribution < 1.29 is 0 Å². The van der Waals surface area contributed by atoms with Gasteiger partial charge in [0, 0.05) is 44.8 Å². The molecule has 18 heavy (non-hydrogen) atoms. The smallest absolute Gasteiger partial charge is 0.128 e. The van der Waals surface area contributed by atoms with Crippen LogP contribution in [0.1, 0.15) is 19.4 Å². The van der Waals surface area contributed by atoms with Gasteiger partial charge in [0.25, 0.3) is 0 Å². The quantitative estimate of drug-likeness (QED) is 0.782. The Kier molecular flexibility index (Phi) is 4.84. The Hall–Kier alpha value is -0.800. The Labute approximate surface area is 115 Å². The summed E-state index contributed by atoms with van der Waals surface area (Å²) in [5.41, 5.74) is 1.08. The molecule has 0 unspecified atom stereocenters. The average Bonchev–Trinajstić information content (AvgIpc) is 2.39. The van der Waals surface area contributed by atoms with Crippen molar-refractivity contribution >= 4 is 17.4 Å². The molecule has 3 nitrogen and oxygen atoms in total. The van der Waals surface area contributed by atoms with Gasteiger partial charge in [0.05, 0.1) is 0 Å². The monoisotopic (exact) mass is 267 g/mol. The highest BCUT2D eigenvalue weighted by Crippen LogP contribution is 2.15. The average molecular weight is 268 g/mol. The van der Waals surface area contributed by atoms with Gasteiger partial charge in [-0.15, -0.1) is 11.6 Å². The van der Waals surface area contributed by atoms with Crippen LogP contribution in [0.5, 0.6) is 0 Å². The molecule has 1 aliphatic rings. The van der Waals surface area contributed by atoms with Crippen LogP contribution in [0.3, 0.4) is 0 Å². The Morgan fingerprint density at radius 2 is 1.94 bits per heavy atom. The molecule has 0 radical (unpaired) electrons. The first-order valence-electron chi connectivity index (χ1n) is 6.67. The van der Waals surface area contributed by atoms with E-state index in [0.29, 0.717) is 5.88 Å². The Morgan fingerprint density at radius 3 is 2.44 bits per heavy atom. The largest absolute Gasteiger partial charge is 0.354 e. The fourth-order valence-corrected chi connectivity index (χ4v) is 2.52. The first-order chi connectivity index (χ1) is 8.69. The highest BCUT2D eigenvalue weighted by Gasteiger charge is 2.18. The molecule has 0 saturated carbocycles. The van der Waals surface area contributed by atoms with Gasteiger partial charge in [0.15, 0.2) is 0 Å². The fourth-order valence-electron chi connectivity index (χ4n) is 2.36. The van der Waals surface area contributed by atoms with Crippen LogP contribution in [0.25, 0.3) is 0 Å². The molecule has 2 heterocycles. The maximum atomic E-state index is 5.77. The molecule has 1 aromatic heterocycles. The van der Waals surface area contributed by atoms with Crippen LogP contribution >= 0.6 is 11.6 Å². The first kappa shape index (κ1) is 13.6. The third-order valence-electron chi connectivity index (χ3n) is 3.28. The molecule has 1 aliphatic heterocycles. The van der Waals surface area contributed by atoms with Gasteiger partial charge in [0.1, 0.15) is 5.82 Å². The maximum Gasteiger partial charge on any atom is 0.128 e. The number of pyridine rings is 1. The van der Waals surface area contributed by atoms with Gasteiger partial charge in [0.2, 0.25) is 0 Å². The van der Waals surface area contributed by atoms with Crippen molar-refractivity contribution in [3.63, 3.8) is 0 Å². The van der Waals surface area contributed by atoms with Gasteiger partial charge in [-0.05, 0) is 17.5 Å². The summed E-state index contributed by atoms with van der Waals surface area (Å²) in [5, 5.41) is 0. The first-order valence-corrected chi connectivity index (χ1v) is 7.20. The molecule has 1 aromatic rings. The van der Waals surface area contributed by atoms with E-state index in [0.717, 1.165) is 43.5 Å². The predicted molar refractivity (Wildman–Crippen MR) is 77.3 cm³/mol. The summed E-state index contributed by atoms with van der Waals surface area (Å²) in [7, 11) is 0. The molecule has 0 aliphatic carbocycles. The van der Waals surface area contributed by atoms with Crippen LogP contribution in [0, 0.1) is 5.92 Å². The normalized spacial score (nSPS) is 17.4. The van der Waals surface area contributed by atoms with Gasteiger partial charge >= 0.3 is 0 Å². The van der Waals surface area contributed by atoms with Crippen molar-refractivity contribution in [3.8, 4) is 0 Å². The minimum Gasteiger partial charge on any atom is -0.354 e. The van der Waals surface area contributed by atoms with E-state index in [1.165, 1.54) is 6.54 Å². The molecule has 0 aromatic carbocycles. The summed E-state index contributed by atoms with van der Waals surface area (Å²) in [6.07, 6.45) is 1.88. The standard InChI is InChI=1S/C14H22ClN3/c1-12(2)11-17-5-7-18(8-6-17)14-4-3-13(9-15)10-16-14/h3-4,10,12H,5-9,11H2,1-2H3. The van der Waals surface area contributed by atoms with Crippen molar-refractivity contribution in [1.29, 1.82) is 0 Å². The number of anilines is 1. The molecule has 1 fully saturated rings. The van der Waals surface area contributed by atoms with E-state index in [-0.39, 0.29) is 0 Å². The second-order valence-corrected chi connectivity index (χ2v) is 5.61. The fraction of sp³-hybridized carbons (Fsp3) is 0.643. The summed E-state index contributed by atoms with van der Waals surface area (Å²) in [5.74, 6) is 2.36. The highest BCUT2D eigenvalue weighted by molar-refractivity contribution is 6.17. The van der Waals surface area contributed by atoms with Crippen molar-refractivity contribution in [2.24, 2.45) is 5.92 Å². The number of rotatable bonds is 4. The number of aromatic nitrogens is 1. The molecule has 0 amide bonds. The molecule has 0 N–H and O–H groups in total. The van der Waals surface area contributed by atoms with E-state index in [2.05, 4.69) is 40.8 Å². The summed E-state index contributed by atoms with van der Waals surface area (Å²) >= 11 is 5.77. The van der Waals surface area contributed by atoms with Crippen LogP contribution in [0.2, 0.25) is 0 Å². The summed E-state index contributed by atoms with van der Waals surface area (Å²) in [4.78, 5) is 9.37. The van der Waals surface area contributed by atoms with E-state index in [9.17, 15) is 0 Å². The molecule has 1 saturated heterocycles. The van der Waals surface area contributed by atoms with E-state index in [1.54, 1.807) is 0 Å². The van der Waals surface area contributed by atoms with Crippen molar-refractivity contribution in [3.05, 3.63) is 23.9 Å². The Morgan fingerprint density at radius 1 is 1.22 bits per heavy atom. The van der Waals surface area contributed by atoms with Crippen molar-refractivity contribution in [1.82, 2.24) is 9.88 Å². The topological polar surface area (TPSA) is 19.4 Å². The van der Waals surface area contributed by atoms with E-state index >= 15 is 0 Å². The summed E-state index contributed by atoms with van der Waals surface area (Å²) in [6.45, 7) is 10.2. The third-order valence-corrected chi connectivity index (χ3v) is 3.59. The second kappa shape index (κ2) is 6.39. The number of piperazine rings is 1. The second-order valence-electron chi connectivity index (χ2n) is 5.34. The van der Waals surface area contributed by atoms with Gasteiger partial charge in [-0.2, -0.15) is 0 Å². The number of nitrogens with zero attached hydrogens (tertiary/aromatic N) is 3. The molecule has 0 bridgehead atoms. The number of halogens is 1. The van der Waals surface area contributed by atoms with Crippen LogP contribution in [-0.4, -0.2) is 42.6 Å². The lowest BCUT2D eigenvalue weighted by atomic mass is 10.2. The lowest BCUT2D eigenvalue weighted by Gasteiger charge is -2.36. The number of hydrogen-bond acceptors (Lipinski definition) is 3. The van der Waals surface area contributed by atoms with E-state index < -0.39 is 0 Å². The minimum atomic E-state index is 0.537. The SMILES string of the molecule is CC(C)CN1CCN(c2ccc(CCl)cn2)CC1. The minimum absolute atomic E-state index is 0.537. The van der Waals surface area contributed by atoms with E-state index in [1.807, 2.05) is 6.20 Å². The lowest BCUT2D eigenvalue weighted by Crippen LogP contribution is -2.47. The molecule has 0 atom stereocenters. The van der Waals surface area contributed by atoms with Crippen LogP contribution < -0.4 is 4.90 Å². The molecule has 4 heteroatoms. The van der Waals surface area contributed by atoms with Crippen LogP contribution in [0.15, 0.2) is 18.3 Å². The predicted octanol–water partition coefficient (Wildman–Crippen LogP) is 2.60. The molecule has 0 spiro atoms. The Bertz CT molecular complexity index is 356. The van der Waals surface area contributed by atoms with Gasteiger partial charge in [-0.3, -0.25) is 4.90 Å². The molecular formula is C14H22ClN3. The summed E-state index contributed by atoms with van der Waals surface area (Å²) in [6, 6.07) is 4.14. The third kappa shape index (κ3) is 3.59. The zero-order valence-electron chi connectivity index (χ0n) is 11.3. The zero-order valence-corrected chi connectivity index (χ0v) is 12.0. The van der Waals surface area contributed by atoms with E-state index in [4.69, 9.17) is 11.6 Å².